The van der Waals surface area contributed by atoms with Gasteiger partial charge in [0.2, 0.25) is 5.91 Å². The number of primary amides is 1. The first kappa shape index (κ1) is 26.6. The molecule has 2 aromatic carbocycles. The fourth-order valence-electron chi connectivity index (χ4n) is 5.72. The van der Waals surface area contributed by atoms with Gasteiger partial charge >= 0.3 is 0 Å². The maximum atomic E-state index is 12.4. The molecule has 0 unspecified atom stereocenters. The van der Waals surface area contributed by atoms with E-state index in [0.717, 1.165) is 58.0 Å². The molecule has 0 radical (unpaired) electrons. The molecule has 0 bridgehead atoms. The highest BCUT2D eigenvalue weighted by Crippen LogP contribution is 2.40. The highest BCUT2D eigenvalue weighted by molar-refractivity contribution is 6.02. The number of hydrogen-bond donors (Lipinski definition) is 2. The lowest BCUT2D eigenvalue weighted by atomic mass is 9.77. The Morgan fingerprint density at radius 1 is 1.03 bits per heavy atom. The molecule has 8 nitrogen and oxygen atoms in total. The lowest BCUT2D eigenvalue weighted by Gasteiger charge is -2.43. The van der Waals surface area contributed by atoms with Gasteiger partial charge in [0.25, 0.3) is 5.91 Å². The standard InChI is InChI=1S/C31H36N6O2/c32-19-18-31(37-22-27(28(33)38)29(35-37)34-30(39)25-11-12-25)16-13-26(14-17-31)36(21-24-9-5-2-6-10-24)20-15-23-7-3-1-4-8-23/h1-10,22,25-26H,11-18,20-21H2,(H2,33,38)(H,34,35,39)/t26-,31-. The summed E-state index contributed by atoms with van der Waals surface area (Å²) in [5.74, 6) is -0.586. The molecule has 2 aliphatic carbocycles. The van der Waals surface area contributed by atoms with E-state index in [4.69, 9.17) is 5.73 Å². The average molecular weight is 525 g/mol. The van der Waals surface area contributed by atoms with Crippen molar-refractivity contribution in [3.8, 4) is 6.07 Å². The molecule has 1 aromatic heterocycles. The number of nitriles is 1. The van der Waals surface area contributed by atoms with Crippen LogP contribution in [0.3, 0.4) is 0 Å². The SMILES string of the molecule is N#CC[C@]1(n2cc(C(N)=O)c(NC(=O)C3CC3)n2)CC[C@H](N(CCc2ccccc2)Cc2ccccc2)CC1. The molecule has 3 aromatic rings. The van der Waals surface area contributed by atoms with Crippen LogP contribution >= 0.6 is 0 Å². The second-order valence-electron chi connectivity index (χ2n) is 10.9. The van der Waals surface area contributed by atoms with Gasteiger partial charge < -0.3 is 11.1 Å². The van der Waals surface area contributed by atoms with E-state index in [0.29, 0.717) is 6.04 Å². The molecule has 2 saturated carbocycles. The first-order valence-corrected chi connectivity index (χ1v) is 13.9. The number of carbonyl (C=O) groups is 2. The first-order chi connectivity index (χ1) is 19.0. The maximum absolute atomic E-state index is 12.4. The molecule has 202 valence electrons. The fourth-order valence-corrected chi connectivity index (χ4v) is 5.72. The number of aromatic nitrogens is 2. The summed E-state index contributed by atoms with van der Waals surface area (Å²) in [5, 5.41) is 17.2. The Balaban J connectivity index is 1.34. The third kappa shape index (κ3) is 6.37. The fraction of sp³-hybridized carbons (Fsp3) is 0.419. The third-order valence-corrected chi connectivity index (χ3v) is 8.22. The van der Waals surface area contributed by atoms with Crippen LogP contribution in [0.25, 0.3) is 0 Å². The van der Waals surface area contributed by atoms with Crippen molar-refractivity contribution in [2.75, 3.05) is 11.9 Å². The van der Waals surface area contributed by atoms with E-state index in [1.54, 1.807) is 10.9 Å². The van der Waals surface area contributed by atoms with Crippen molar-refractivity contribution >= 4 is 17.6 Å². The van der Waals surface area contributed by atoms with E-state index in [9.17, 15) is 14.9 Å². The Morgan fingerprint density at radius 3 is 2.26 bits per heavy atom. The zero-order valence-electron chi connectivity index (χ0n) is 22.3. The molecule has 3 N–H and O–H groups in total. The minimum atomic E-state index is -0.636. The van der Waals surface area contributed by atoms with Crippen molar-refractivity contribution < 1.29 is 9.59 Å². The molecule has 2 fully saturated rings. The van der Waals surface area contributed by atoms with E-state index in [-0.39, 0.29) is 29.6 Å². The predicted molar refractivity (Wildman–Crippen MR) is 150 cm³/mol. The van der Waals surface area contributed by atoms with Crippen LogP contribution in [0.15, 0.2) is 66.9 Å². The summed E-state index contributed by atoms with van der Waals surface area (Å²) in [6.07, 6.45) is 7.87. The minimum Gasteiger partial charge on any atom is -0.365 e. The maximum Gasteiger partial charge on any atom is 0.254 e. The number of nitrogens with zero attached hydrogens (tertiary/aromatic N) is 4. The minimum absolute atomic E-state index is 0.0223. The molecule has 1 heterocycles. The van der Waals surface area contributed by atoms with Crippen LogP contribution in [0, 0.1) is 17.2 Å². The molecular weight excluding hydrogens is 488 g/mol. The first-order valence-electron chi connectivity index (χ1n) is 13.9. The van der Waals surface area contributed by atoms with Crippen molar-refractivity contribution in [1.29, 1.82) is 5.26 Å². The lowest BCUT2D eigenvalue weighted by molar-refractivity contribution is -0.117. The van der Waals surface area contributed by atoms with Crippen LogP contribution in [0.2, 0.25) is 0 Å². The van der Waals surface area contributed by atoms with Crippen molar-refractivity contribution in [3.63, 3.8) is 0 Å². The van der Waals surface area contributed by atoms with E-state index < -0.39 is 11.4 Å². The smallest absolute Gasteiger partial charge is 0.254 e. The Kier molecular flexibility index (Phi) is 8.08. The van der Waals surface area contributed by atoms with Crippen LogP contribution in [0.1, 0.15) is 66.4 Å². The zero-order chi connectivity index (χ0) is 27.2. The Morgan fingerprint density at radius 2 is 1.67 bits per heavy atom. The van der Waals surface area contributed by atoms with Crippen LogP contribution in [0.5, 0.6) is 0 Å². The summed E-state index contributed by atoms with van der Waals surface area (Å²) in [7, 11) is 0. The number of nitrogens with two attached hydrogens (primary N) is 1. The van der Waals surface area contributed by atoms with Gasteiger partial charge in [-0.25, -0.2) is 0 Å². The number of rotatable bonds is 11. The van der Waals surface area contributed by atoms with Crippen LogP contribution < -0.4 is 11.1 Å². The quantitative estimate of drug-likeness (QED) is 0.379. The summed E-state index contributed by atoms with van der Waals surface area (Å²) >= 11 is 0. The summed E-state index contributed by atoms with van der Waals surface area (Å²) in [5.41, 5.74) is 7.90. The second-order valence-corrected chi connectivity index (χ2v) is 10.9. The highest BCUT2D eigenvalue weighted by atomic mass is 16.2. The van der Waals surface area contributed by atoms with Crippen LogP contribution in [0.4, 0.5) is 5.82 Å². The number of nitrogens with one attached hydrogen (secondary N) is 1. The van der Waals surface area contributed by atoms with Crippen LogP contribution in [-0.4, -0.2) is 39.1 Å². The molecule has 8 heteroatoms. The number of anilines is 1. The topological polar surface area (TPSA) is 117 Å². The highest BCUT2D eigenvalue weighted by Gasteiger charge is 2.40. The number of carbonyl (C=O) groups excluding carboxylic acids is 2. The Labute approximate surface area is 229 Å². The Bertz CT molecular complexity index is 1320. The van der Waals surface area contributed by atoms with Gasteiger partial charge in [-0.3, -0.25) is 19.2 Å². The predicted octanol–water partition coefficient (Wildman–Crippen LogP) is 4.63. The van der Waals surface area contributed by atoms with E-state index in [2.05, 4.69) is 69.9 Å². The van der Waals surface area contributed by atoms with E-state index >= 15 is 0 Å². The third-order valence-electron chi connectivity index (χ3n) is 8.22. The van der Waals surface area contributed by atoms with Gasteiger partial charge in [-0.1, -0.05) is 60.7 Å². The van der Waals surface area contributed by atoms with Gasteiger partial charge in [-0.15, -0.1) is 0 Å². The molecule has 0 aliphatic heterocycles. The number of amides is 2. The van der Waals surface area contributed by atoms with Gasteiger partial charge in [0, 0.05) is 31.2 Å². The Hall–Kier alpha value is -3.96. The average Bonchev–Trinajstić information content (AvgIpc) is 3.72. The van der Waals surface area contributed by atoms with Gasteiger partial charge in [0.05, 0.1) is 18.0 Å². The number of hydrogen-bond acceptors (Lipinski definition) is 5. The van der Waals surface area contributed by atoms with Crippen LogP contribution in [-0.2, 0) is 23.3 Å². The number of benzene rings is 2. The monoisotopic (exact) mass is 524 g/mol. The van der Waals surface area contributed by atoms with Crippen molar-refractivity contribution in [3.05, 3.63) is 83.6 Å². The van der Waals surface area contributed by atoms with Gasteiger partial charge in [-0.2, -0.15) is 10.4 Å². The molecule has 5 rings (SSSR count). The van der Waals surface area contributed by atoms with E-state index in [1.807, 2.05) is 12.1 Å². The van der Waals surface area contributed by atoms with Gasteiger partial charge in [0.15, 0.2) is 5.82 Å². The lowest BCUT2D eigenvalue weighted by Crippen LogP contribution is -2.45. The zero-order valence-corrected chi connectivity index (χ0v) is 22.3. The van der Waals surface area contributed by atoms with Crippen molar-refractivity contribution in [2.45, 2.75) is 69.5 Å². The van der Waals surface area contributed by atoms with Crippen molar-refractivity contribution in [2.24, 2.45) is 11.7 Å². The molecule has 0 saturated heterocycles. The largest absolute Gasteiger partial charge is 0.365 e. The molecule has 2 amide bonds. The molecule has 2 aliphatic rings. The summed E-state index contributed by atoms with van der Waals surface area (Å²) < 4.78 is 1.74. The molecular formula is C31H36N6O2. The normalized spacial score (nSPS) is 20.9. The van der Waals surface area contributed by atoms with Gasteiger partial charge in [0.1, 0.15) is 5.56 Å². The molecule has 0 atom stereocenters. The second kappa shape index (κ2) is 11.8. The summed E-state index contributed by atoms with van der Waals surface area (Å²) in [6.45, 7) is 1.81. The van der Waals surface area contributed by atoms with Gasteiger partial charge in [-0.05, 0) is 56.1 Å². The summed E-state index contributed by atoms with van der Waals surface area (Å²) in [6, 6.07) is 23.8. The van der Waals surface area contributed by atoms with E-state index in [1.165, 1.54) is 11.1 Å². The molecule has 39 heavy (non-hydrogen) atoms. The van der Waals surface area contributed by atoms with Crippen molar-refractivity contribution in [1.82, 2.24) is 14.7 Å². The molecule has 0 spiro atoms. The summed E-state index contributed by atoms with van der Waals surface area (Å²) in [4.78, 5) is 27.2.